The fourth-order valence-electron chi connectivity index (χ4n) is 2.64. The number of rotatable bonds is 7. The molecule has 7 heteroatoms. The number of aryl methyl sites for hydroxylation is 1. The molecule has 2 aromatic rings. The van der Waals surface area contributed by atoms with E-state index in [2.05, 4.69) is 16.2 Å². The van der Waals surface area contributed by atoms with Gasteiger partial charge in [-0.25, -0.2) is 4.98 Å². The quantitative estimate of drug-likeness (QED) is 0.607. The van der Waals surface area contributed by atoms with Crippen LogP contribution in [-0.4, -0.2) is 32.0 Å². The number of carbonyl (C=O) groups excluding carboxylic acids is 1. The predicted molar refractivity (Wildman–Crippen MR) is 95.8 cm³/mol. The van der Waals surface area contributed by atoms with Crippen molar-refractivity contribution in [3.8, 4) is 18.1 Å². The van der Waals surface area contributed by atoms with Gasteiger partial charge >= 0.3 is 0 Å². The van der Waals surface area contributed by atoms with Crippen LogP contribution in [0.3, 0.4) is 0 Å². The van der Waals surface area contributed by atoms with Crippen molar-refractivity contribution in [3.05, 3.63) is 36.2 Å². The van der Waals surface area contributed by atoms with Crippen LogP contribution in [0.5, 0.6) is 5.75 Å². The Balaban J connectivity index is 1.49. The Morgan fingerprint density at radius 1 is 1.40 bits per heavy atom. The summed E-state index contributed by atoms with van der Waals surface area (Å²) in [4.78, 5) is 15.5. The molecular formula is C18H19N3O3S. The summed E-state index contributed by atoms with van der Waals surface area (Å²) in [6.07, 6.45) is 10.5. The monoisotopic (exact) mass is 357 g/mol. The SMILES string of the molecule is C#CCn1ccnc1S(=O)CCCOc1ccc2c(c1)CCC(=O)N2. The lowest BCUT2D eigenvalue weighted by atomic mass is 10.0. The molecule has 6 nitrogen and oxygen atoms in total. The maximum atomic E-state index is 12.3. The minimum absolute atomic E-state index is 0.0480. The summed E-state index contributed by atoms with van der Waals surface area (Å²) < 4.78 is 19.8. The highest BCUT2D eigenvalue weighted by Gasteiger charge is 2.15. The molecule has 0 radical (unpaired) electrons. The summed E-state index contributed by atoms with van der Waals surface area (Å²) in [6.45, 7) is 0.829. The van der Waals surface area contributed by atoms with Gasteiger partial charge in [0.2, 0.25) is 5.91 Å². The van der Waals surface area contributed by atoms with Crippen molar-refractivity contribution in [2.45, 2.75) is 31.0 Å². The molecule has 1 atom stereocenters. The van der Waals surface area contributed by atoms with Gasteiger partial charge in [-0.15, -0.1) is 6.42 Å². The highest BCUT2D eigenvalue weighted by atomic mass is 32.2. The standard InChI is InChI=1S/C18H19N3O3S/c1-2-9-21-10-8-19-18(21)25(23)12-3-11-24-15-5-6-16-14(13-15)4-7-17(22)20-16/h1,5-6,8,10,13H,3-4,7,9,11-12H2,(H,20,22). The number of aromatic nitrogens is 2. The minimum Gasteiger partial charge on any atom is -0.494 e. The molecule has 2 heterocycles. The molecule has 1 amide bonds. The molecule has 1 aliphatic heterocycles. The van der Waals surface area contributed by atoms with Crippen LogP contribution < -0.4 is 10.1 Å². The number of nitrogens with one attached hydrogen (secondary N) is 1. The smallest absolute Gasteiger partial charge is 0.224 e. The molecular weight excluding hydrogens is 338 g/mol. The molecule has 0 spiro atoms. The maximum Gasteiger partial charge on any atom is 0.224 e. The van der Waals surface area contributed by atoms with Gasteiger partial charge in [-0.1, -0.05) is 5.92 Å². The topological polar surface area (TPSA) is 73.2 Å². The molecule has 1 N–H and O–H groups in total. The van der Waals surface area contributed by atoms with E-state index >= 15 is 0 Å². The van der Waals surface area contributed by atoms with Gasteiger partial charge in [0, 0.05) is 30.3 Å². The summed E-state index contributed by atoms with van der Waals surface area (Å²) >= 11 is 0. The third-order valence-corrected chi connectivity index (χ3v) is 5.26. The first-order chi connectivity index (χ1) is 12.2. The van der Waals surface area contributed by atoms with Crippen molar-refractivity contribution >= 4 is 22.4 Å². The second-order valence-electron chi connectivity index (χ2n) is 5.66. The Hall–Kier alpha value is -2.59. The fourth-order valence-corrected chi connectivity index (χ4v) is 3.77. The molecule has 1 aromatic carbocycles. The molecule has 1 unspecified atom stereocenters. The van der Waals surface area contributed by atoms with Crippen LogP contribution in [-0.2, 0) is 28.6 Å². The van der Waals surface area contributed by atoms with Gasteiger partial charge in [0.25, 0.3) is 0 Å². The first kappa shape index (κ1) is 17.2. The number of nitrogens with zero attached hydrogens (tertiary/aromatic N) is 2. The van der Waals surface area contributed by atoms with Crippen molar-refractivity contribution in [2.24, 2.45) is 0 Å². The molecule has 0 bridgehead atoms. The summed E-state index contributed by atoms with van der Waals surface area (Å²) in [5, 5.41) is 3.34. The Bertz CT molecular complexity index is 838. The van der Waals surface area contributed by atoms with Crippen molar-refractivity contribution in [1.82, 2.24) is 9.55 Å². The Kier molecular flexibility index (Phi) is 5.51. The average Bonchev–Trinajstić information content (AvgIpc) is 3.07. The Morgan fingerprint density at radius 2 is 2.28 bits per heavy atom. The lowest BCUT2D eigenvalue weighted by molar-refractivity contribution is -0.116. The number of terminal acetylenes is 1. The normalized spacial score (nSPS) is 14.3. The van der Waals surface area contributed by atoms with Crippen molar-refractivity contribution < 1.29 is 13.7 Å². The highest BCUT2D eigenvalue weighted by molar-refractivity contribution is 7.84. The van der Waals surface area contributed by atoms with E-state index in [0.29, 0.717) is 36.9 Å². The number of fused-ring (bicyclic) bond motifs is 1. The second kappa shape index (κ2) is 7.99. The maximum absolute atomic E-state index is 12.3. The lowest BCUT2D eigenvalue weighted by Gasteiger charge is -2.17. The number of ether oxygens (including phenoxy) is 1. The molecule has 25 heavy (non-hydrogen) atoms. The predicted octanol–water partition coefficient (Wildman–Crippen LogP) is 1.98. The van der Waals surface area contributed by atoms with Crippen molar-refractivity contribution in [3.63, 3.8) is 0 Å². The molecule has 1 aliphatic rings. The van der Waals surface area contributed by atoms with E-state index in [1.807, 2.05) is 18.2 Å². The first-order valence-corrected chi connectivity index (χ1v) is 9.38. The van der Waals surface area contributed by atoms with E-state index in [4.69, 9.17) is 11.2 Å². The van der Waals surface area contributed by atoms with Crippen LogP contribution in [0.2, 0.25) is 0 Å². The van der Waals surface area contributed by atoms with Gasteiger partial charge < -0.3 is 14.6 Å². The van der Waals surface area contributed by atoms with E-state index in [9.17, 15) is 9.00 Å². The molecule has 0 aliphatic carbocycles. The van der Waals surface area contributed by atoms with Crippen LogP contribution in [0.15, 0.2) is 35.7 Å². The van der Waals surface area contributed by atoms with E-state index in [0.717, 1.165) is 23.4 Å². The molecule has 130 valence electrons. The highest BCUT2D eigenvalue weighted by Crippen LogP contribution is 2.26. The largest absolute Gasteiger partial charge is 0.494 e. The van der Waals surface area contributed by atoms with Crippen LogP contribution in [0, 0.1) is 12.3 Å². The Morgan fingerprint density at radius 3 is 3.12 bits per heavy atom. The third kappa shape index (κ3) is 4.28. The number of hydrogen-bond acceptors (Lipinski definition) is 4. The third-order valence-electron chi connectivity index (χ3n) is 3.86. The van der Waals surface area contributed by atoms with Gasteiger partial charge in [0.05, 0.1) is 24.0 Å². The summed E-state index contributed by atoms with van der Waals surface area (Å²) in [6, 6.07) is 5.64. The van der Waals surface area contributed by atoms with Gasteiger partial charge in [-0.3, -0.25) is 9.00 Å². The number of imidazole rings is 1. The average molecular weight is 357 g/mol. The Labute approximate surface area is 149 Å². The van der Waals surface area contributed by atoms with Gasteiger partial charge in [0.15, 0.2) is 5.16 Å². The minimum atomic E-state index is -1.20. The van der Waals surface area contributed by atoms with Crippen molar-refractivity contribution in [2.75, 3.05) is 17.7 Å². The van der Waals surface area contributed by atoms with E-state index < -0.39 is 10.8 Å². The summed E-state index contributed by atoms with van der Waals surface area (Å²) in [7, 11) is -1.20. The number of benzene rings is 1. The molecule has 0 saturated carbocycles. The summed E-state index contributed by atoms with van der Waals surface area (Å²) in [5.41, 5.74) is 1.93. The number of carbonyl (C=O) groups is 1. The number of hydrogen-bond donors (Lipinski definition) is 1. The zero-order valence-electron chi connectivity index (χ0n) is 13.7. The number of amides is 1. The van der Waals surface area contributed by atoms with Crippen molar-refractivity contribution in [1.29, 1.82) is 0 Å². The summed E-state index contributed by atoms with van der Waals surface area (Å²) in [5.74, 6) is 3.79. The van der Waals surface area contributed by atoms with Crippen LogP contribution in [0.4, 0.5) is 5.69 Å². The second-order valence-corrected chi connectivity index (χ2v) is 7.13. The lowest BCUT2D eigenvalue weighted by Crippen LogP contribution is -2.18. The first-order valence-electron chi connectivity index (χ1n) is 8.06. The van der Waals surface area contributed by atoms with Gasteiger partial charge in [-0.2, -0.15) is 0 Å². The van der Waals surface area contributed by atoms with E-state index in [-0.39, 0.29) is 5.91 Å². The molecule has 1 aromatic heterocycles. The fraction of sp³-hybridized carbons (Fsp3) is 0.333. The van der Waals surface area contributed by atoms with Crippen LogP contribution in [0.25, 0.3) is 0 Å². The van der Waals surface area contributed by atoms with E-state index in [1.54, 1.807) is 17.0 Å². The zero-order valence-corrected chi connectivity index (χ0v) is 14.6. The zero-order chi connectivity index (χ0) is 17.6. The molecule has 3 rings (SSSR count). The van der Waals surface area contributed by atoms with E-state index in [1.165, 1.54) is 0 Å². The van der Waals surface area contributed by atoms with Gasteiger partial charge in [0.1, 0.15) is 5.75 Å². The van der Waals surface area contributed by atoms with Crippen LogP contribution in [0.1, 0.15) is 18.4 Å². The molecule has 0 saturated heterocycles. The van der Waals surface area contributed by atoms with Crippen LogP contribution >= 0.6 is 0 Å². The molecule has 0 fully saturated rings. The number of anilines is 1. The van der Waals surface area contributed by atoms with Gasteiger partial charge in [-0.05, 0) is 36.6 Å².